The molecule has 8 heteroatoms. The molecule has 0 aliphatic heterocycles. The van der Waals surface area contributed by atoms with Crippen LogP contribution in [-0.4, -0.2) is 39.7 Å². The summed E-state index contributed by atoms with van der Waals surface area (Å²) in [4.78, 5) is 16.4. The third-order valence-electron chi connectivity index (χ3n) is 2.44. The molecule has 1 aliphatic rings. The molecule has 18 heavy (non-hydrogen) atoms. The van der Waals surface area contributed by atoms with Crippen molar-refractivity contribution in [3.63, 3.8) is 0 Å². The number of nitrogen functional groups attached to an aromatic ring is 1. The number of thiazole rings is 1. The van der Waals surface area contributed by atoms with Crippen LogP contribution < -0.4 is 16.4 Å². The van der Waals surface area contributed by atoms with Crippen LogP contribution in [0.15, 0.2) is 0 Å². The fraction of sp³-hybridized carbons (Fsp3) is 0.600. The van der Waals surface area contributed by atoms with Gasteiger partial charge in [-0.2, -0.15) is 0 Å². The zero-order chi connectivity index (χ0) is 13.1. The SMILES string of the molecule is CS(=O)CCNC(=O)c1sc(NC2CC2)nc1N. The van der Waals surface area contributed by atoms with E-state index in [1.54, 1.807) is 6.26 Å². The third kappa shape index (κ3) is 3.67. The average Bonchev–Trinajstić information content (AvgIpc) is 3.01. The van der Waals surface area contributed by atoms with Gasteiger partial charge in [-0.3, -0.25) is 9.00 Å². The van der Waals surface area contributed by atoms with Crippen LogP contribution in [-0.2, 0) is 10.8 Å². The maximum absolute atomic E-state index is 11.8. The first-order valence-electron chi connectivity index (χ1n) is 5.67. The van der Waals surface area contributed by atoms with Crippen LogP contribution in [0.3, 0.4) is 0 Å². The summed E-state index contributed by atoms with van der Waals surface area (Å²) >= 11 is 1.26. The standard InChI is InChI=1S/C10H16N4O2S2/c1-18(16)5-4-12-9(15)7-8(11)14-10(17-7)13-6-2-3-6/h6H,2-5,11H2,1H3,(H,12,15)(H,13,14). The molecule has 0 radical (unpaired) electrons. The largest absolute Gasteiger partial charge is 0.382 e. The van der Waals surface area contributed by atoms with Crippen molar-refractivity contribution in [2.45, 2.75) is 18.9 Å². The van der Waals surface area contributed by atoms with Gasteiger partial charge in [0.1, 0.15) is 10.7 Å². The van der Waals surface area contributed by atoms with Crippen LogP contribution in [0.25, 0.3) is 0 Å². The molecule has 0 spiro atoms. The van der Waals surface area contributed by atoms with E-state index in [-0.39, 0.29) is 11.7 Å². The molecule has 1 saturated carbocycles. The molecule has 1 amide bonds. The molecular formula is C10H16N4O2S2. The predicted molar refractivity (Wildman–Crippen MR) is 74.4 cm³/mol. The smallest absolute Gasteiger partial charge is 0.265 e. The van der Waals surface area contributed by atoms with Gasteiger partial charge in [-0.25, -0.2) is 4.98 Å². The molecule has 1 fully saturated rings. The van der Waals surface area contributed by atoms with Crippen molar-refractivity contribution in [1.29, 1.82) is 0 Å². The lowest BCUT2D eigenvalue weighted by Crippen LogP contribution is -2.27. The first-order valence-corrected chi connectivity index (χ1v) is 8.21. The van der Waals surface area contributed by atoms with Gasteiger partial charge in [0.05, 0.1) is 0 Å². The topological polar surface area (TPSA) is 97.1 Å². The van der Waals surface area contributed by atoms with E-state index in [2.05, 4.69) is 15.6 Å². The Balaban J connectivity index is 1.91. The molecule has 0 aromatic carbocycles. The number of nitrogens with two attached hydrogens (primary N) is 1. The maximum Gasteiger partial charge on any atom is 0.265 e. The molecule has 6 nitrogen and oxygen atoms in total. The van der Waals surface area contributed by atoms with Crippen molar-refractivity contribution >= 4 is 39.0 Å². The van der Waals surface area contributed by atoms with Gasteiger partial charge in [-0.15, -0.1) is 0 Å². The lowest BCUT2D eigenvalue weighted by molar-refractivity contribution is 0.0961. The summed E-state index contributed by atoms with van der Waals surface area (Å²) < 4.78 is 10.9. The highest BCUT2D eigenvalue weighted by atomic mass is 32.2. The van der Waals surface area contributed by atoms with Crippen LogP contribution in [0.1, 0.15) is 22.5 Å². The Labute approximate surface area is 112 Å². The molecule has 1 atom stereocenters. The molecule has 1 unspecified atom stereocenters. The Morgan fingerprint density at radius 3 is 2.94 bits per heavy atom. The van der Waals surface area contributed by atoms with E-state index >= 15 is 0 Å². The van der Waals surface area contributed by atoms with Gasteiger partial charge in [-0.1, -0.05) is 11.3 Å². The molecule has 0 saturated heterocycles. The molecule has 4 N–H and O–H groups in total. The number of nitrogens with one attached hydrogen (secondary N) is 2. The second-order valence-corrected chi connectivity index (χ2v) is 6.74. The molecule has 1 heterocycles. The number of aromatic nitrogens is 1. The molecule has 1 aliphatic carbocycles. The Morgan fingerprint density at radius 2 is 2.33 bits per heavy atom. The predicted octanol–water partition coefficient (Wildman–Crippen LogP) is 0.408. The maximum atomic E-state index is 11.8. The zero-order valence-corrected chi connectivity index (χ0v) is 11.7. The highest BCUT2D eigenvalue weighted by molar-refractivity contribution is 7.84. The number of anilines is 2. The van der Waals surface area contributed by atoms with Crippen LogP contribution in [0, 0.1) is 0 Å². The normalized spacial score (nSPS) is 16.3. The average molecular weight is 288 g/mol. The molecular weight excluding hydrogens is 272 g/mol. The first kappa shape index (κ1) is 13.3. The van der Waals surface area contributed by atoms with Crippen LogP contribution in [0.4, 0.5) is 10.9 Å². The summed E-state index contributed by atoms with van der Waals surface area (Å²) in [6, 6.07) is 0.481. The Hall–Kier alpha value is -1.15. The molecule has 0 bridgehead atoms. The lowest BCUT2D eigenvalue weighted by atomic mass is 10.4. The van der Waals surface area contributed by atoms with Crippen LogP contribution in [0.5, 0.6) is 0 Å². The molecule has 1 aromatic heterocycles. The van der Waals surface area contributed by atoms with Crippen molar-refractivity contribution in [3.8, 4) is 0 Å². The van der Waals surface area contributed by atoms with Gasteiger partial charge >= 0.3 is 0 Å². The summed E-state index contributed by atoms with van der Waals surface area (Å²) in [7, 11) is -0.909. The summed E-state index contributed by atoms with van der Waals surface area (Å²) in [5.41, 5.74) is 5.71. The molecule has 100 valence electrons. The third-order valence-corrected chi connectivity index (χ3v) is 4.22. The highest BCUT2D eigenvalue weighted by Gasteiger charge is 2.24. The summed E-state index contributed by atoms with van der Waals surface area (Å²) in [6.07, 6.45) is 3.89. The van der Waals surface area contributed by atoms with Crippen molar-refractivity contribution in [2.24, 2.45) is 0 Å². The zero-order valence-electron chi connectivity index (χ0n) is 10.1. The van der Waals surface area contributed by atoms with Gasteiger partial charge in [0.25, 0.3) is 5.91 Å². The summed E-state index contributed by atoms with van der Waals surface area (Å²) in [5.74, 6) is 0.440. The number of carbonyl (C=O) groups excluding carboxylic acids is 1. The van der Waals surface area contributed by atoms with Gasteiger partial charge in [0.2, 0.25) is 0 Å². The number of carbonyl (C=O) groups is 1. The van der Waals surface area contributed by atoms with Gasteiger partial charge in [0.15, 0.2) is 5.13 Å². The molecule has 1 aromatic rings. The first-order chi connectivity index (χ1) is 8.56. The van der Waals surface area contributed by atoms with Crippen molar-refractivity contribution in [1.82, 2.24) is 10.3 Å². The Morgan fingerprint density at radius 1 is 1.61 bits per heavy atom. The fourth-order valence-corrected chi connectivity index (χ4v) is 2.61. The number of hydrogen-bond donors (Lipinski definition) is 3. The minimum absolute atomic E-state index is 0.248. The fourth-order valence-electron chi connectivity index (χ4n) is 1.35. The van der Waals surface area contributed by atoms with Gasteiger partial charge in [0, 0.05) is 35.4 Å². The molecule has 2 rings (SSSR count). The monoisotopic (exact) mass is 288 g/mol. The van der Waals surface area contributed by atoms with E-state index in [0.29, 0.717) is 28.3 Å². The van der Waals surface area contributed by atoms with Gasteiger partial charge < -0.3 is 16.4 Å². The van der Waals surface area contributed by atoms with Crippen molar-refractivity contribution in [3.05, 3.63) is 4.88 Å². The van der Waals surface area contributed by atoms with E-state index < -0.39 is 10.8 Å². The Bertz CT molecular complexity index is 470. The van der Waals surface area contributed by atoms with Crippen molar-refractivity contribution < 1.29 is 9.00 Å². The quantitative estimate of drug-likeness (QED) is 0.704. The van der Waals surface area contributed by atoms with E-state index in [4.69, 9.17) is 5.73 Å². The number of hydrogen-bond acceptors (Lipinski definition) is 6. The summed E-state index contributed by atoms with van der Waals surface area (Å²) in [6.45, 7) is 0.380. The van der Waals surface area contributed by atoms with Crippen molar-refractivity contribution in [2.75, 3.05) is 29.6 Å². The lowest BCUT2D eigenvalue weighted by Gasteiger charge is -2.01. The van der Waals surface area contributed by atoms with E-state index in [0.717, 1.165) is 12.8 Å². The number of rotatable bonds is 6. The van der Waals surface area contributed by atoms with E-state index in [1.807, 2.05) is 0 Å². The second kappa shape index (κ2) is 5.66. The highest BCUT2D eigenvalue weighted by Crippen LogP contribution is 2.30. The Kier molecular flexibility index (Phi) is 4.18. The minimum atomic E-state index is -0.909. The van der Waals surface area contributed by atoms with E-state index in [9.17, 15) is 9.00 Å². The van der Waals surface area contributed by atoms with Crippen LogP contribution in [0.2, 0.25) is 0 Å². The second-order valence-electron chi connectivity index (χ2n) is 4.19. The minimum Gasteiger partial charge on any atom is -0.382 e. The summed E-state index contributed by atoms with van der Waals surface area (Å²) in [5, 5.41) is 6.58. The van der Waals surface area contributed by atoms with Crippen LogP contribution >= 0.6 is 11.3 Å². The van der Waals surface area contributed by atoms with Gasteiger partial charge in [-0.05, 0) is 12.8 Å². The number of amides is 1. The van der Waals surface area contributed by atoms with E-state index in [1.165, 1.54) is 11.3 Å². The number of nitrogens with zero attached hydrogens (tertiary/aromatic N) is 1.